The van der Waals surface area contributed by atoms with E-state index in [0.29, 0.717) is 5.92 Å². The van der Waals surface area contributed by atoms with Gasteiger partial charge in [0.25, 0.3) is 0 Å². The first-order valence-electron chi connectivity index (χ1n) is 5.18. The lowest BCUT2D eigenvalue weighted by molar-refractivity contribution is 0.269. The quantitative estimate of drug-likeness (QED) is 0.910. The van der Waals surface area contributed by atoms with Crippen molar-refractivity contribution in [3.8, 4) is 5.75 Å². The number of nitrogens with two attached hydrogens (primary N) is 1. The van der Waals surface area contributed by atoms with E-state index in [0.717, 1.165) is 22.4 Å². The molecule has 1 aromatic carbocycles. The average molecular weight is 272 g/mol. The van der Waals surface area contributed by atoms with E-state index in [1.807, 2.05) is 25.1 Å². The van der Waals surface area contributed by atoms with Gasteiger partial charge in [0.2, 0.25) is 0 Å². The Morgan fingerprint density at radius 3 is 2.47 bits per heavy atom. The van der Waals surface area contributed by atoms with E-state index in [4.69, 9.17) is 10.5 Å². The lowest BCUT2D eigenvalue weighted by atomic mass is 10.1. The van der Waals surface area contributed by atoms with Gasteiger partial charge in [-0.3, -0.25) is 0 Å². The molecule has 1 rings (SSSR count). The molecule has 0 heterocycles. The third kappa shape index (κ3) is 3.84. The van der Waals surface area contributed by atoms with Crippen LogP contribution in [0.2, 0.25) is 0 Å². The van der Waals surface area contributed by atoms with Gasteiger partial charge in [-0.05, 0) is 46.5 Å². The lowest BCUT2D eigenvalue weighted by Crippen LogP contribution is -2.07. The Kier molecular flexibility index (Phi) is 4.61. The van der Waals surface area contributed by atoms with Crippen molar-refractivity contribution in [1.82, 2.24) is 0 Å². The van der Waals surface area contributed by atoms with Crippen LogP contribution in [0.5, 0.6) is 5.75 Å². The molecule has 0 saturated heterocycles. The van der Waals surface area contributed by atoms with Crippen LogP contribution in [0.1, 0.15) is 32.4 Å². The van der Waals surface area contributed by atoms with E-state index in [1.165, 1.54) is 0 Å². The molecule has 0 saturated carbocycles. The minimum absolute atomic E-state index is 0.0560. The van der Waals surface area contributed by atoms with Crippen molar-refractivity contribution >= 4 is 15.9 Å². The summed E-state index contributed by atoms with van der Waals surface area (Å²) in [4.78, 5) is 0. The van der Waals surface area contributed by atoms with Crippen molar-refractivity contribution in [1.29, 1.82) is 0 Å². The maximum atomic E-state index is 5.79. The van der Waals surface area contributed by atoms with Crippen molar-refractivity contribution in [3.05, 3.63) is 28.2 Å². The summed E-state index contributed by atoms with van der Waals surface area (Å²) in [5.74, 6) is 1.41. The van der Waals surface area contributed by atoms with Crippen LogP contribution in [0, 0.1) is 5.92 Å². The highest BCUT2D eigenvalue weighted by atomic mass is 79.9. The lowest BCUT2D eigenvalue weighted by Gasteiger charge is -2.12. The van der Waals surface area contributed by atoms with Crippen molar-refractivity contribution in [2.45, 2.75) is 26.8 Å². The number of benzene rings is 1. The fraction of sp³-hybridized carbons (Fsp3) is 0.500. The summed E-state index contributed by atoms with van der Waals surface area (Å²) in [5, 5.41) is 0. The standard InChI is InChI=1S/C12H18BrNO/c1-8(2)7-15-12-5-4-10(9(3)14)6-11(12)13/h4-6,8-9H,7,14H2,1-3H3/t9-/m1/s1. The van der Waals surface area contributed by atoms with Gasteiger partial charge in [-0.2, -0.15) is 0 Å². The van der Waals surface area contributed by atoms with Gasteiger partial charge in [0.05, 0.1) is 11.1 Å². The van der Waals surface area contributed by atoms with Gasteiger partial charge in [-0.25, -0.2) is 0 Å². The van der Waals surface area contributed by atoms with Crippen LogP contribution in [-0.4, -0.2) is 6.61 Å². The molecule has 0 aliphatic heterocycles. The molecule has 0 aromatic heterocycles. The molecule has 0 aliphatic rings. The predicted molar refractivity (Wildman–Crippen MR) is 67.1 cm³/mol. The zero-order valence-electron chi connectivity index (χ0n) is 9.46. The summed E-state index contributed by atoms with van der Waals surface area (Å²) in [5.41, 5.74) is 6.90. The number of halogens is 1. The summed E-state index contributed by atoms with van der Waals surface area (Å²) in [6.07, 6.45) is 0. The molecule has 0 fully saturated rings. The van der Waals surface area contributed by atoms with Crippen molar-refractivity contribution < 1.29 is 4.74 Å². The van der Waals surface area contributed by atoms with Crippen molar-refractivity contribution in [3.63, 3.8) is 0 Å². The van der Waals surface area contributed by atoms with Crippen LogP contribution in [0.25, 0.3) is 0 Å². The van der Waals surface area contributed by atoms with Gasteiger partial charge in [-0.15, -0.1) is 0 Å². The van der Waals surface area contributed by atoms with Gasteiger partial charge in [0.15, 0.2) is 0 Å². The molecule has 0 spiro atoms. The van der Waals surface area contributed by atoms with E-state index in [9.17, 15) is 0 Å². The van der Waals surface area contributed by atoms with E-state index in [2.05, 4.69) is 29.8 Å². The van der Waals surface area contributed by atoms with Gasteiger partial charge in [-0.1, -0.05) is 19.9 Å². The topological polar surface area (TPSA) is 35.2 Å². The normalized spacial score (nSPS) is 12.9. The van der Waals surface area contributed by atoms with Crippen molar-refractivity contribution in [2.24, 2.45) is 11.7 Å². The number of rotatable bonds is 4. The molecule has 1 atom stereocenters. The van der Waals surface area contributed by atoms with Crippen LogP contribution < -0.4 is 10.5 Å². The van der Waals surface area contributed by atoms with Crippen LogP contribution in [-0.2, 0) is 0 Å². The largest absolute Gasteiger partial charge is 0.492 e. The van der Waals surface area contributed by atoms with E-state index in [-0.39, 0.29) is 6.04 Å². The third-order valence-corrected chi connectivity index (χ3v) is 2.67. The summed E-state index contributed by atoms with van der Waals surface area (Å²) in [6.45, 7) is 6.96. The molecule has 0 radical (unpaired) electrons. The zero-order chi connectivity index (χ0) is 11.4. The van der Waals surface area contributed by atoms with Gasteiger partial charge < -0.3 is 10.5 Å². The van der Waals surface area contributed by atoms with Gasteiger partial charge >= 0.3 is 0 Å². The molecule has 3 heteroatoms. The maximum absolute atomic E-state index is 5.79. The fourth-order valence-corrected chi connectivity index (χ4v) is 1.68. The monoisotopic (exact) mass is 271 g/mol. The first kappa shape index (κ1) is 12.5. The predicted octanol–water partition coefficient (Wildman–Crippen LogP) is 3.50. The molecule has 0 aliphatic carbocycles. The third-order valence-electron chi connectivity index (χ3n) is 2.05. The van der Waals surface area contributed by atoms with E-state index < -0.39 is 0 Å². The summed E-state index contributed by atoms with van der Waals surface area (Å²) in [7, 11) is 0. The summed E-state index contributed by atoms with van der Waals surface area (Å²) < 4.78 is 6.62. The van der Waals surface area contributed by atoms with Gasteiger partial charge in [0.1, 0.15) is 5.75 Å². The molecule has 84 valence electrons. The Morgan fingerprint density at radius 2 is 2.00 bits per heavy atom. The highest BCUT2D eigenvalue weighted by Crippen LogP contribution is 2.28. The second-order valence-electron chi connectivity index (χ2n) is 4.18. The van der Waals surface area contributed by atoms with E-state index >= 15 is 0 Å². The molecule has 0 bridgehead atoms. The highest BCUT2D eigenvalue weighted by molar-refractivity contribution is 9.10. The Hall–Kier alpha value is -0.540. The van der Waals surface area contributed by atoms with Gasteiger partial charge in [0, 0.05) is 6.04 Å². The SMILES string of the molecule is CC(C)COc1ccc([C@@H](C)N)cc1Br. The first-order valence-corrected chi connectivity index (χ1v) is 5.98. The maximum Gasteiger partial charge on any atom is 0.133 e. The average Bonchev–Trinajstić information content (AvgIpc) is 2.15. The number of hydrogen-bond acceptors (Lipinski definition) is 2. The zero-order valence-corrected chi connectivity index (χ0v) is 11.0. The second kappa shape index (κ2) is 5.52. The molecule has 0 unspecified atom stereocenters. The Labute approximate surface area is 99.9 Å². The molecule has 15 heavy (non-hydrogen) atoms. The summed E-state index contributed by atoms with van der Waals surface area (Å²) in [6, 6.07) is 6.04. The molecule has 2 N–H and O–H groups in total. The molecule has 2 nitrogen and oxygen atoms in total. The van der Waals surface area contributed by atoms with Crippen molar-refractivity contribution in [2.75, 3.05) is 6.61 Å². The van der Waals surface area contributed by atoms with E-state index in [1.54, 1.807) is 0 Å². The molecular weight excluding hydrogens is 254 g/mol. The Balaban J connectivity index is 2.75. The number of ether oxygens (including phenoxy) is 1. The molecule has 0 amide bonds. The number of hydrogen-bond donors (Lipinski definition) is 1. The summed E-state index contributed by atoms with van der Waals surface area (Å²) >= 11 is 3.48. The Bertz CT molecular complexity index is 323. The van der Waals surface area contributed by atoms with Crippen LogP contribution in [0.3, 0.4) is 0 Å². The van der Waals surface area contributed by atoms with Crippen LogP contribution in [0.4, 0.5) is 0 Å². The van der Waals surface area contributed by atoms with Crippen LogP contribution in [0.15, 0.2) is 22.7 Å². The molecule has 1 aromatic rings. The second-order valence-corrected chi connectivity index (χ2v) is 5.04. The minimum Gasteiger partial charge on any atom is -0.492 e. The Morgan fingerprint density at radius 1 is 1.33 bits per heavy atom. The highest BCUT2D eigenvalue weighted by Gasteiger charge is 2.06. The smallest absolute Gasteiger partial charge is 0.133 e. The first-order chi connectivity index (χ1) is 7.00. The minimum atomic E-state index is 0.0560. The molecular formula is C12H18BrNO. The van der Waals surface area contributed by atoms with Crippen LogP contribution >= 0.6 is 15.9 Å². The fourth-order valence-electron chi connectivity index (χ4n) is 1.17.